The maximum absolute atomic E-state index is 13.1. The van der Waals surface area contributed by atoms with E-state index in [9.17, 15) is 13.2 Å². The molecule has 1 atom stereocenters. The molecule has 2 aromatic heterocycles. The van der Waals surface area contributed by atoms with Crippen LogP contribution in [0, 0.1) is 0 Å². The van der Waals surface area contributed by atoms with E-state index in [1.807, 2.05) is 48.5 Å². The molecule has 39 heavy (non-hydrogen) atoms. The number of carbonyl (C=O) groups is 1. The fourth-order valence-corrected chi connectivity index (χ4v) is 5.08. The van der Waals surface area contributed by atoms with Gasteiger partial charge in [-0.05, 0) is 65.9 Å². The summed E-state index contributed by atoms with van der Waals surface area (Å²) in [7, 11) is -3.96. The molecule has 0 spiro atoms. The second-order valence-corrected chi connectivity index (χ2v) is 10.5. The summed E-state index contributed by atoms with van der Waals surface area (Å²) in [6.45, 7) is 2.40. The van der Waals surface area contributed by atoms with Gasteiger partial charge in [-0.3, -0.25) is 4.79 Å². The molecule has 3 N–H and O–H groups in total. The number of anilines is 1. The van der Waals surface area contributed by atoms with Crippen molar-refractivity contribution in [2.24, 2.45) is 0 Å². The number of rotatable bonds is 13. The fourth-order valence-electron chi connectivity index (χ4n) is 3.92. The molecule has 9 nitrogen and oxygen atoms in total. The highest BCUT2D eigenvalue weighted by Gasteiger charge is 2.24. The lowest BCUT2D eigenvalue weighted by Crippen LogP contribution is -2.31. The Labute approximate surface area is 228 Å². The zero-order valence-corrected chi connectivity index (χ0v) is 22.3. The highest BCUT2D eigenvalue weighted by Crippen LogP contribution is 2.26. The lowest BCUT2D eigenvalue weighted by molar-refractivity contribution is -0.134. The Bertz CT molecular complexity index is 1500. The molecule has 1 unspecified atom stereocenters. The number of carboxylic acid groups (broad SMARTS) is 1. The van der Waals surface area contributed by atoms with Crippen LogP contribution in [0.2, 0.25) is 0 Å². The van der Waals surface area contributed by atoms with E-state index < -0.39 is 22.0 Å². The van der Waals surface area contributed by atoms with Crippen LogP contribution in [-0.2, 0) is 21.2 Å². The quantitative estimate of drug-likeness (QED) is 0.220. The Morgan fingerprint density at radius 3 is 2.49 bits per heavy atom. The Kier molecular flexibility index (Phi) is 9.24. The van der Waals surface area contributed by atoms with Gasteiger partial charge in [0, 0.05) is 6.20 Å². The molecule has 4 rings (SSSR count). The molecule has 2 aromatic carbocycles. The van der Waals surface area contributed by atoms with Crippen LogP contribution in [0.25, 0.3) is 11.1 Å². The third-order valence-electron chi connectivity index (χ3n) is 5.79. The van der Waals surface area contributed by atoms with Gasteiger partial charge in [0.2, 0.25) is 0 Å². The van der Waals surface area contributed by atoms with E-state index in [0.29, 0.717) is 24.5 Å². The van der Waals surface area contributed by atoms with Crippen molar-refractivity contribution in [3.63, 3.8) is 0 Å². The van der Waals surface area contributed by atoms with Gasteiger partial charge in [0.1, 0.15) is 18.1 Å². The normalized spacial score (nSPS) is 12.0. The van der Waals surface area contributed by atoms with Crippen molar-refractivity contribution in [3.05, 3.63) is 102 Å². The van der Waals surface area contributed by atoms with Crippen LogP contribution in [0.15, 0.2) is 96.2 Å². The van der Waals surface area contributed by atoms with Gasteiger partial charge in [0.05, 0.1) is 18.3 Å². The molecule has 4 aromatic rings. The Balaban J connectivity index is 1.60. The van der Waals surface area contributed by atoms with Crippen LogP contribution in [0.4, 0.5) is 5.82 Å². The van der Waals surface area contributed by atoms with E-state index in [4.69, 9.17) is 9.84 Å². The molecule has 0 amide bonds. The average molecular weight is 547 g/mol. The van der Waals surface area contributed by atoms with Crippen molar-refractivity contribution >= 4 is 21.8 Å². The van der Waals surface area contributed by atoms with E-state index in [1.165, 1.54) is 12.3 Å². The number of nitrogens with one attached hydrogen (secondary N) is 2. The van der Waals surface area contributed by atoms with Crippen molar-refractivity contribution in [2.45, 2.75) is 30.8 Å². The van der Waals surface area contributed by atoms with Crippen LogP contribution in [-0.4, -0.2) is 42.6 Å². The van der Waals surface area contributed by atoms with Crippen molar-refractivity contribution in [3.8, 4) is 16.9 Å². The smallest absolute Gasteiger partial charge is 0.322 e. The number of hydrogen-bond donors (Lipinski definition) is 3. The number of benzene rings is 2. The molecular formula is C29H30N4O5S. The minimum atomic E-state index is -3.96. The number of sulfonamides is 1. The average Bonchev–Trinajstić information content (AvgIpc) is 2.96. The molecule has 202 valence electrons. The van der Waals surface area contributed by atoms with E-state index in [1.54, 1.807) is 30.3 Å². The molecule has 0 aliphatic heterocycles. The maximum atomic E-state index is 13.1. The van der Waals surface area contributed by atoms with Gasteiger partial charge in [-0.25, -0.2) is 23.1 Å². The largest absolute Gasteiger partial charge is 0.494 e. The molecule has 0 radical (unpaired) electrons. The molecule has 2 heterocycles. The Morgan fingerprint density at radius 1 is 0.974 bits per heavy atom. The second-order valence-electron chi connectivity index (χ2n) is 8.81. The van der Waals surface area contributed by atoms with Gasteiger partial charge in [-0.1, -0.05) is 55.5 Å². The van der Waals surface area contributed by atoms with Gasteiger partial charge in [0.25, 0.3) is 10.0 Å². The first-order chi connectivity index (χ1) is 18.8. The predicted molar refractivity (Wildman–Crippen MR) is 149 cm³/mol. The Hall–Kier alpha value is -4.28. The molecule has 0 fully saturated rings. The Morgan fingerprint density at radius 2 is 1.77 bits per heavy atom. The van der Waals surface area contributed by atoms with Crippen LogP contribution in [0.3, 0.4) is 0 Å². The lowest BCUT2D eigenvalue weighted by atomic mass is 9.99. The fraction of sp³-hybridized carbons (Fsp3) is 0.207. The van der Waals surface area contributed by atoms with Crippen LogP contribution in [0.1, 0.15) is 30.6 Å². The van der Waals surface area contributed by atoms with E-state index in [2.05, 4.69) is 26.9 Å². The highest BCUT2D eigenvalue weighted by molar-refractivity contribution is 7.89. The first-order valence-electron chi connectivity index (χ1n) is 12.5. The van der Waals surface area contributed by atoms with Gasteiger partial charge in [-0.2, -0.15) is 0 Å². The first-order valence-corrected chi connectivity index (χ1v) is 14.0. The zero-order valence-electron chi connectivity index (χ0n) is 21.4. The monoisotopic (exact) mass is 546 g/mol. The number of pyridine rings is 2. The minimum absolute atomic E-state index is 0.101. The SMILES string of the molecule is CCCOc1cccc(-c2ccc(CC(NS(=O)(=O)c3ccccn3)c3cccc(NCC(=O)O)n3)cc2)c1. The number of aromatic nitrogens is 2. The van der Waals surface area contributed by atoms with E-state index in [0.717, 1.165) is 28.9 Å². The summed E-state index contributed by atoms with van der Waals surface area (Å²) < 4.78 is 34.8. The number of nitrogens with zero attached hydrogens (tertiary/aromatic N) is 2. The van der Waals surface area contributed by atoms with Crippen molar-refractivity contribution in [1.82, 2.24) is 14.7 Å². The van der Waals surface area contributed by atoms with Gasteiger partial charge < -0.3 is 15.2 Å². The van der Waals surface area contributed by atoms with Crippen LogP contribution >= 0.6 is 0 Å². The topological polar surface area (TPSA) is 131 Å². The van der Waals surface area contributed by atoms with Gasteiger partial charge >= 0.3 is 5.97 Å². The molecule has 0 bridgehead atoms. The van der Waals surface area contributed by atoms with E-state index in [-0.39, 0.29) is 11.6 Å². The van der Waals surface area contributed by atoms with Gasteiger partial charge in [0.15, 0.2) is 5.03 Å². The summed E-state index contributed by atoms with van der Waals surface area (Å²) in [5.41, 5.74) is 3.34. The number of aliphatic carboxylic acids is 1. The summed E-state index contributed by atoms with van der Waals surface area (Å²) in [6.07, 6.45) is 2.65. The zero-order chi connectivity index (χ0) is 27.7. The van der Waals surface area contributed by atoms with Crippen molar-refractivity contribution < 1.29 is 23.1 Å². The standard InChI is InChI=1S/C29H30N4O5S/c1-2-17-38-24-8-5-7-23(19-24)22-14-12-21(13-15-22)18-26(33-39(36,37)28-11-3-4-16-30-28)25-9-6-10-27(32-25)31-20-29(34)35/h3-16,19,26,33H,2,17-18,20H2,1H3,(H,31,32)(H,34,35). The molecule has 0 aliphatic rings. The molecular weight excluding hydrogens is 516 g/mol. The van der Waals surface area contributed by atoms with Crippen LogP contribution in [0.5, 0.6) is 5.75 Å². The summed E-state index contributed by atoms with van der Waals surface area (Å²) in [4.78, 5) is 19.4. The third-order valence-corrected chi connectivity index (χ3v) is 7.18. The number of ether oxygens (including phenoxy) is 1. The third kappa shape index (κ3) is 7.86. The predicted octanol–water partition coefficient (Wildman–Crippen LogP) is 4.69. The number of hydrogen-bond acceptors (Lipinski definition) is 7. The molecule has 10 heteroatoms. The van der Waals surface area contributed by atoms with Crippen molar-refractivity contribution in [2.75, 3.05) is 18.5 Å². The van der Waals surface area contributed by atoms with E-state index >= 15 is 0 Å². The minimum Gasteiger partial charge on any atom is -0.494 e. The van der Waals surface area contributed by atoms with Crippen molar-refractivity contribution in [1.29, 1.82) is 0 Å². The highest BCUT2D eigenvalue weighted by atomic mass is 32.2. The molecule has 0 saturated carbocycles. The van der Waals surface area contributed by atoms with Crippen LogP contribution < -0.4 is 14.8 Å². The van der Waals surface area contributed by atoms with Gasteiger partial charge in [-0.15, -0.1) is 0 Å². The summed E-state index contributed by atoms with van der Waals surface area (Å²) in [5.74, 6) is 0.111. The summed E-state index contributed by atoms with van der Waals surface area (Å²) in [5, 5.41) is 11.6. The molecule has 0 aliphatic carbocycles. The second kappa shape index (κ2) is 13.0. The summed E-state index contributed by atoms with van der Waals surface area (Å²) >= 11 is 0. The summed E-state index contributed by atoms with van der Waals surface area (Å²) in [6, 6.07) is 24.7. The molecule has 0 saturated heterocycles. The lowest BCUT2D eigenvalue weighted by Gasteiger charge is -2.19. The first kappa shape index (κ1) is 27.7. The maximum Gasteiger partial charge on any atom is 0.322 e. The number of carboxylic acids is 1.